The molecule has 6 heteroatoms. The number of benzene rings is 1. The van der Waals surface area contributed by atoms with Crippen LogP contribution in [0.4, 0.5) is 5.82 Å². The number of piperazine rings is 1. The van der Waals surface area contributed by atoms with Gasteiger partial charge in [-0.25, -0.2) is 4.98 Å². The van der Waals surface area contributed by atoms with Crippen molar-refractivity contribution in [2.45, 2.75) is 50.5 Å². The van der Waals surface area contributed by atoms with Crippen molar-refractivity contribution >= 4 is 22.6 Å². The Kier molecular flexibility index (Phi) is 4.80. The number of fused-ring (bicyclic) bond motifs is 1. The molecule has 6 nitrogen and oxygen atoms in total. The number of nitrogens with zero attached hydrogens (tertiary/aromatic N) is 5. The van der Waals surface area contributed by atoms with Crippen LogP contribution in [-0.4, -0.2) is 46.5 Å². The van der Waals surface area contributed by atoms with E-state index in [1.165, 1.54) is 12.8 Å². The van der Waals surface area contributed by atoms with E-state index in [4.69, 9.17) is 4.98 Å². The average molecular weight is 464 g/mol. The van der Waals surface area contributed by atoms with Gasteiger partial charge in [0.25, 0.3) is 0 Å². The number of anilines is 1. The highest BCUT2D eigenvalue weighted by Gasteiger charge is 2.45. The number of pyridine rings is 2. The molecule has 35 heavy (non-hydrogen) atoms. The van der Waals surface area contributed by atoms with Crippen LogP contribution in [0.2, 0.25) is 0 Å². The molecule has 0 bridgehead atoms. The first kappa shape index (κ1) is 20.9. The van der Waals surface area contributed by atoms with E-state index >= 15 is 0 Å². The lowest BCUT2D eigenvalue weighted by Crippen LogP contribution is -2.57. The first-order chi connectivity index (χ1) is 17.2. The highest BCUT2D eigenvalue weighted by atomic mass is 16.2. The van der Waals surface area contributed by atoms with Crippen LogP contribution in [0.1, 0.15) is 55.7 Å². The van der Waals surface area contributed by atoms with Crippen LogP contribution in [0.3, 0.4) is 0 Å². The van der Waals surface area contributed by atoms with E-state index < -0.39 is 0 Å². The molecule has 0 unspecified atom stereocenters. The summed E-state index contributed by atoms with van der Waals surface area (Å²) in [6.45, 7) is 2.26. The Bertz CT molecular complexity index is 1360. The summed E-state index contributed by atoms with van der Waals surface area (Å²) in [5.74, 6) is 2.46. The van der Waals surface area contributed by atoms with Crippen LogP contribution in [0.15, 0.2) is 42.6 Å². The van der Waals surface area contributed by atoms with Crippen LogP contribution in [0.25, 0.3) is 22.0 Å². The third-order valence-corrected chi connectivity index (χ3v) is 8.15. The number of hydrogen-bond donors (Lipinski definition) is 0. The Morgan fingerprint density at radius 1 is 1.00 bits per heavy atom. The maximum atomic E-state index is 13.0. The molecule has 1 amide bonds. The number of para-hydroxylation sites is 1. The van der Waals surface area contributed by atoms with E-state index in [0.29, 0.717) is 23.3 Å². The van der Waals surface area contributed by atoms with Gasteiger partial charge < -0.3 is 9.80 Å². The second-order valence-electron chi connectivity index (χ2n) is 10.7. The average Bonchev–Trinajstić information content (AvgIpc) is 3.75. The summed E-state index contributed by atoms with van der Waals surface area (Å²) in [6, 6.07) is 15.0. The molecule has 3 aromatic rings. The first-order valence-corrected chi connectivity index (χ1v) is 13.1. The summed E-state index contributed by atoms with van der Waals surface area (Å²) in [6.07, 6.45) is 8.63. The Balaban J connectivity index is 1.28. The number of carbonyl (C=O) groups is 1. The van der Waals surface area contributed by atoms with Gasteiger partial charge >= 0.3 is 0 Å². The van der Waals surface area contributed by atoms with Crippen LogP contribution in [0.5, 0.6) is 0 Å². The highest BCUT2D eigenvalue weighted by Crippen LogP contribution is 2.46. The number of hydrogen-bond acceptors (Lipinski definition) is 5. The molecule has 4 aliphatic rings. The van der Waals surface area contributed by atoms with Crippen LogP contribution in [-0.2, 0) is 4.79 Å². The zero-order chi connectivity index (χ0) is 23.5. The Morgan fingerprint density at radius 3 is 2.57 bits per heavy atom. The third kappa shape index (κ3) is 3.74. The van der Waals surface area contributed by atoms with Gasteiger partial charge in [0.05, 0.1) is 22.8 Å². The van der Waals surface area contributed by atoms with E-state index in [1.54, 1.807) is 0 Å². The molecule has 1 saturated heterocycles. The van der Waals surface area contributed by atoms with Gasteiger partial charge in [0, 0.05) is 48.6 Å². The molecule has 1 atom stereocenters. The number of carbonyl (C=O) groups excluding carboxylic acids is 1. The van der Waals surface area contributed by atoms with Gasteiger partial charge in [0.2, 0.25) is 5.91 Å². The predicted octanol–water partition coefficient (Wildman–Crippen LogP) is 4.88. The molecular weight excluding hydrogens is 434 g/mol. The molecule has 3 aliphatic carbocycles. The van der Waals surface area contributed by atoms with Crippen LogP contribution >= 0.6 is 0 Å². The third-order valence-electron chi connectivity index (χ3n) is 8.15. The summed E-state index contributed by atoms with van der Waals surface area (Å²) in [5.41, 5.74) is 4.85. The van der Waals surface area contributed by atoms with Crippen LogP contribution < -0.4 is 4.90 Å². The van der Waals surface area contributed by atoms with Crippen molar-refractivity contribution in [3.63, 3.8) is 0 Å². The number of nitriles is 1. The van der Waals surface area contributed by atoms with E-state index in [0.717, 1.165) is 78.9 Å². The fraction of sp³-hybridized carbons (Fsp3) is 0.448. The van der Waals surface area contributed by atoms with Crippen molar-refractivity contribution in [1.82, 2.24) is 14.9 Å². The molecule has 7 rings (SSSR count). The van der Waals surface area contributed by atoms with Gasteiger partial charge in [0.1, 0.15) is 11.9 Å². The molecular formula is C29H29N5O. The predicted molar refractivity (Wildman–Crippen MR) is 135 cm³/mol. The summed E-state index contributed by atoms with van der Waals surface area (Å²) in [4.78, 5) is 27.2. The quantitative estimate of drug-likeness (QED) is 0.539. The van der Waals surface area contributed by atoms with Gasteiger partial charge in [-0.1, -0.05) is 18.2 Å². The van der Waals surface area contributed by atoms with E-state index in [-0.39, 0.29) is 12.0 Å². The Hall–Kier alpha value is -3.46. The minimum absolute atomic E-state index is 0.249. The molecule has 4 fully saturated rings. The smallest absolute Gasteiger partial charge is 0.226 e. The molecule has 176 valence electrons. The minimum atomic E-state index is 0.249. The first-order valence-electron chi connectivity index (χ1n) is 13.1. The zero-order valence-electron chi connectivity index (χ0n) is 19.9. The van der Waals surface area contributed by atoms with E-state index in [2.05, 4.69) is 39.1 Å². The molecule has 1 aliphatic heterocycles. The second-order valence-corrected chi connectivity index (χ2v) is 10.7. The number of rotatable bonds is 5. The molecule has 0 N–H and O–H groups in total. The molecule has 0 spiro atoms. The molecule has 3 heterocycles. The van der Waals surface area contributed by atoms with Crippen molar-refractivity contribution in [3.8, 4) is 17.2 Å². The standard InChI is InChI=1S/C29H29N5O/c30-16-21-15-24(22-11-12-31-25-4-2-1-3-23(22)25)27(19-7-8-19)32-28(21)33-13-14-34(29(35)20-9-10-20)26(17-33)18-5-6-18/h1-4,11-12,15,18-20,26H,5-10,13-14,17H2/t26-/m0/s1. The summed E-state index contributed by atoms with van der Waals surface area (Å²) < 4.78 is 0. The SMILES string of the molecule is N#Cc1cc(-c2ccnc3ccccc23)c(C2CC2)nc1N1CCN(C(=O)C2CC2)[C@H](C2CC2)C1. The monoisotopic (exact) mass is 463 g/mol. The zero-order valence-corrected chi connectivity index (χ0v) is 19.9. The molecule has 3 saturated carbocycles. The normalized spacial score (nSPS) is 22.3. The summed E-state index contributed by atoms with van der Waals surface area (Å²) >= 11 is 0. The Morgan fingerprint density at radius 2 is 1.83 bits per heavy atom. The van der Waals surface area contributed by atoms with Crippen molar-refractivity contribution in [2.24, 2.45) is 11.8 Å². The fourth-order valence-electron chi connectivity index (χ4n) is 5.78. The lowest BCUT2D eigenvalue weighted by molar-refractivity contribution is -0.135. The molecule has 0 radical (unpaired) electrons. The highest BCUT2D eigenvalue weighted by molar-refractivity contribution is 5.95. The van der Waals surface area contributed by atoms with Crippen molar-refractivity contribution in [2.75, 3.05) is 24.5 Å². The largest absolute Gasteiger partial charge is 0.352 e. The lowest BCUT2D eigenvalue weighted by atomic mass is 9.96. The number of aromatic nitrogens is 2. The Labute approximate surface area is 205 Å². The van der Waals surface area contributed by atoms with Gasteiger partial charge in [-0.05, 0) is 68.2 Å². The van der Waals surface area contributed by atoms with Crippen molar-refractivity contribution < 1.29 is 4.79 Å². The second kappa shape index (κ2) is 8.05. The summed E-state index contributed by atoms with van der Waals surface area (Å²) in [5, 5.41) is 11.3. The topological polar surface area (TPSA) is 73.1 Å². The van der Waals surface area contributed by atoms with Crippen molar-refractivity contribution in [3.05, 3.63) is 53.9 Å². The molecule has 2 aromatic heterocycles. The minimum Gasteiger partial charge on any atom is -0.352 e. The lowest BCUT2D eigenvalue weighted by Gasteiger charge is -2.43. The maximum Gasteiger partial charge on any atom is 0.226 e. The summed E-state index contributed by atoms with van der Waals surface area (Å²) in [7, 11) is 0. The number of amides is 1. The van der Waals surface area contributed by atoms with Crippen molar-refractivity contribution in [1.29, 1.82) is 5.26 Å². The van der Waals surface area contributed by atoms with E-state index in [9.17, 15) is 10.1 Å². The molecule has 1 aromatic carbocycles. The van der Waals surface area contributed by atoms with Crippen LogP contribution in [0, 0.1) is 23.2 Å². The van der Waals surface area contributed by atoms with Gasteiger partial charge in [-0.3, -0.25) is 9.78 Å². The van der Waals surface area contributed by atoms with Gasteiger partial charge in [0.15, 0.2) is 0 Å². The van der Waals surface area contributed by atoms with E-state index in [1.807, 2.05) is 24.4 Å². The maximum absolute atomic E-state index is 13.0. The van der Waals surface area contributed by atoms with Gasteiger partial charge in [-0.2, -0.15) is 5.26 Å². The fourth-order valence-corrected chi connectivity index (χ4v) is 5.78. The van der Waals surface area contributed by atoms with Gasteiger partial charge in [-0.15, -0.1) is 0 Å².